The van der Waals surface area contributed by atoms with Crippen molar-refractivity contribution in [2.45, 2.75) is 18.6 Å². The fraction of sp³-hybridized carbons (Fsp3) is 0.222. The lowest BCUT2D eigenvalue weighted by Crippen LogP contribution is -2.29. The van der Waals surface area contributed by atoms with Crippen LogP contribution < -0.4 is 4.74 Å². The number of benzene rings is 3. The average Bonchev–Trinajstić information content (AvgIpc) is 3.32. The van der Waals surface area contributed by atoms with E-state index in [1.807, 2.05) is 96.4 Å². The van der Waals surface area contributed by atoms with Gasteiger partial charge in [-0.3, -0.25) is 4.90 Å². The van der Waals surface area contributed by atoms with Crippen molar-refractivity contribution in [2.24, 2.45) is 0 Å². The maximum atomic E-state index is 11.9. The van der Waals surface area contributed by atoms with Crippen LogP contribution in [0.5, 0.6) is 5.75 Å². The summed E-state index contributed by atoms with van der Waals surface area (Å²) in [5.74, 6) is 0.904. The van der Waals surface area contributed by atoms with Crippen molar-refractivity contribution in [3.8, 4) is 5.75 Å². The van der Waals surface area contributed by atoms with Gasteiger partial charge in [-0.05, 0) is 36.7 Å². The number of hydrogen-bond donors (Lipinski definition) is 1. The first kappa shape index (κ1) is 22.2. The van der Waals surface area contributed by atoms with Gasteiger partial charge in [-0.2, -0.15) is 0 Å². The summed E-state index contributed by atoms with van der Waals surface area (Å²) >= 11 is 1.59. The Labute approximate surface area is 193 Å². The Kier molecular flexibility index (Phi) is 7.32. The molecule has 0 bridgehead atoms. The molecule has 4 rings (SSSR count). The van der Waals surface area contributed by atoms with Gasteiger partial charge in [0.25, 0.3) is 0 Å². The Morgan fingerprint density at radius 2 is 1.44 bits per heavy atom. The van der Waals surface area contributed by atoms with E-state index in [0.717, 1.165) is 41.4 Å². The highest BCUT2D eigenvalue weighted by Crippen LogP contribution is 2.37. The van der Waals surface area contributed by atoms with Crippen molar-refractivity contribution in [1.29, 1.82) is 0 Å². The van der Waals surface area contributed by atoms with Crippen LogP contribution in [0.15, 0.2) is 96.4 Å². The zero-order valence-corrected chi connectivity index (χ0v) is 19.0. The molecule has 0 radical (unpaired) electrons. The first-order chi connectivity index (χ1) is 15.7. The van der Waals surface area contributed by atoms with Crippen molar-refractivity contribution in [2.75, 3.05) is 20.2 Å². The zero-order chi connectivity index (χ0) is 22.2. The van der Waals surface area contributed by atoms with E-state index >= 15 is 0 Å². The van der Waals surface area contributed by atoms with Gasteiger partial charge in [0.2, 0.25) is 0 Å². The Balaban J connectivity index is 1.42. The van der Waals surface area contributed by atoms with Crippen molar-refractivity contribution in [3.05, 3.63) is 118 Å². The van der Waals surface area contributed by atoms with Crippen LogP contribution >= 0.6 is 11.3 Å². The highest BCUT2D eigenvalue weighted by molar-refractivity contribution is 7.09. The molecule has 0 spiro atoms. The van der Waals surface area contributed by atoms with Gasteiger partial charge in [0.1, 0.15) is 10.8 Å². The fourth-order valence-electron chi connectivity index (χ4n) is 3.72. The monoisotopic (exact) mass is 444 g/mol. The third kappa shape index (κ3) is 5.25. The van der Waals surface area contributed by atoms with Crippen molar-refractivity contribution in [3.63, 3.8) is 0 Å². The number of thiazole rings is 1. The summed E-state index contributed by atoms with van der Waals surface area (Å²) in [4.78, 5) is 7.08. The van der Waals surface area contributed by atoms with Crippen molar-refractivity contribution >= 4 is 11.3 Å². The van der Waals surface area contributed by atoms with Crippen LogP contribution in [-0.2, 0) is 12.1 Å². The topological polar surface area (TPSA) is 45.6 Å². The Hall–Kier alpha value is -2.99. The van der Waals surface area contributed by atoms with E-state index in [1.165, 1.54) is 0 Å². The number of hydrogen-bond acceptors (Lipinski definition) is 5. The molecule has 0 atom stereocenters. The van der Waals surface area contributed by atoms with Crippen LogP contribution in [0.3, 0.4) is 0 Å². The van der Waals surface area contributed by atoms with Crippen molar-refractivity contribution < 1.29 is 9.84 Å². The van der Waals surface area contributed by atoms with Crippen LogP contribution in [0.1, 0.15) is 28.2 Å². The summed E-state index contributed by atoms with van der Waals surface area (Å²) in [5, 5.41) is 14.8. The molecule has 164 valence electrons. The normalized spacial score (nSPS) is 11.6. The van der Waals surface area contributed by atoms with Gasteiger partial charge in [0.15, 0.2) is 5.60 Å². The first-order valence-corrected chi connectivity index (χ1v) is 11.7. The molecule has 1 N–H and O–H groups in total. The molecule has 5 heteroatoms. The minimum Gasteiger partial charge on any atom is -0.494 e. The summed E-state index contributed by atoms with van der Waals surface area (Å²) < 4.78 is 5.78. The molecular weight excluding hydrogens is 416 g/mol. The van der Waals surface area contributed by atoms with E-state index in [-0.39, 0.29) is 0 Å². The molecule has 0 amide bonds. The number of rotatable bonds is 10. The van der Waals surface area contributed by atoms with Gasteiger partial charge in [-0.1, -0.05) is 78.9 Å². The lowest BCUT2D eigenvalue weighted by atomic mass is 9.84. The number of aromatic nitrogens is 1. The van der Waals surface area contributed by atoms with Crippen LogP contribution in [0.2, 0.25) is 0 Å². The Morgan fingerprint density at radius 3 is 2.03 bits per heavy atom. The highest BCUT2D eigenvalue weighted by atomic mass is 32.1. The van der Waals surface area contributed by atoms with E-state index < -0.39 is 5.60 Å². The molecule has 0 aliphatic rings. The minimum atomic E-state index is -1.28. The molecule has 0 unspecified atom stereocenters. The highest BCUT2D eigenvalue weighted by Gasteiger charge is 2.36. The number of nitrogens with zero attached hydrogens (tertiary/aromatic N) is 2. The maximum Gasteiger partial charge on any atom is 0.158 e. The maximum absolute atomic E-state index is 11.9. The standard InChI is InChI=1S/C27H28N2O2S/c1-29(18-11-19-31-24-16-9-4-10-17-24)20-26-28-25(21-32-26)27(30,22-12-5-2-6-13-22)23-14-7-3-8-15-23/h2-10,12-17,21,30H,11,18-20H2,1H3. The summed E-state index contributed by atoms with van der Waals surface area (Å²) in [6.07, 6.45) is 0.932. The molecular formula is C27H28N2O2S. The van der Waals surface area contributed by atoms with Gasteiger partial charge in [0.05, 0.1) is 18.8 Å². The molecule has 1 heterocycles. The summed E-state index contributed by atoms with van der Waals surface area (Å²) in [5.41, 5.74) is 1.01. The molecule has 0 aliphatic carbocycles. The zero-order valence-electron chi connectivity index (χ0n) is 18.2. The predicted octanol–water partition coefficient (Wildman–Crippen LogP) is 5.33. The van der Waals surface area contributed by atoms with E-state index in [4.69, 9.17) is 9.72 Å². The molecule has 4 aromatic rings. The Bertz CT molecular complexity index is 1040. The SMILES string of the molecule is CN(CCCOc1ccccc1)Cc1nc(C(O)(c2ccccc2)c2ccccc2)cs1. The van der Waals surface area contributed by atoms with Gasteiger partial charge in [0, 0.05) is 11.9 Å². The number of aliphatic hydroxyl groups is 1. The molecule has 32 heavy (non-hydrogen) atoms. The lowest BCUT2D eigenvalue weighted by molar-refractivity contribution is 0.121. The summed E-state index contributed by atoms with van der Waals surface area (Å²) in [6, 6.07) is 29.4. The predicted molar refractivity (Wildman–Crippen MR) is 130 cm³/mol. The first-order valence-electron chi connectivity index (χ1n) is 10.8. The van der Waals surface area contributed by atoms with E-state index in [9.17, 15) is 5.11 Å². The lowest BCUT2D eigenvalue weighted by Gasteiger charge is -2.27. The average molecular weight is 445 g/mol. The molecule has 0 aliphatic heterocycles. The molecule has 1 aromatic heterocycles. The van der Waals surface area contributed by atoms with Gasteiger partial charge in [-0.25, -0.2) is 4.98 Å². The van der Waals surface area contributed by atoms with Gasteiger partial charge < -0.3 is 9.84 Å². The van der Waals surface area contributed by atoms with Gasteiger partial charge in [-0.15, -0.1) is 11.3 Å². The molecule has 0 fully saturated rings. The third-order valence-electron chi connectivity index (χ3n) is 5.41. The van der Waals surface area contributed by atoms with E-state index in [2.05, 4.69) is 11.9 Å². The largest absolute Gasteiger partial charge is 0.494 e. The van der Waals surface area contributed by atoms with Crippen LogP contribution in [0, 0.1) is 0 Å². The minimum absolute atomic E-state index is 0.663. The van der Waals surface area contributed by atoms with Crippen LogP contribution in [0.4, 0.5) is 0 Å². The second kappa shape index (κ2) is 10.6. The summed E-state index contributed by atoms with van der Waals surface area (Å²) in [7, 11) is 2.09. The molecule has 0 saturated heterocycles. The van der Waals surface area contributed by atoms with Crippen molar-refractivity contribution in [1.82, 2.24) is 9.88 Å². The smallest absolute Gasteiger partial charge is 0.158 e. The fourth-order valence-corrected chi connectivity index (χ4v) is 4.64. The second-order valence-electron chi connectivity index (χ2n) is 7.82. The van der Waals surface area contributed by atoms with Crippen LogP contribution in [-0.4, -0.2) is 35.2 Å². The second-order valence-corrected chi connectivity index (χ2v) is 8.76. The Morgan fingerprint density at radius 1 is 0.875 bits per heavy atom. The number of ether oxygens (including phenoxy) is 1. The number of para-hydroxylation sites is 1. The van der Waals surface area contributed by atoms with E-state index in [1.54, 1.807) is 11.3 Å². The molecule has 3 aromatic carbocycles. The van der Waals surface area contributed by atoms with Gasteiger partial charge >= 0.3 is 0 Å². The third-order valence-corrected chi connectivity index (χ3v) is 6.24. The molecule has 0 saturated carbocycles. The quantitative estimate of drug-likeness (QED) is 0.336. The summed E-state index contributed by atoms with van der Waals surface area (Å²) in [6.45, 7) is 2.32. The van der Waals surface area contributed by atoms with Crippen LogP contribution in [0.25, 0.3) is 0 Å². The van der Waals surface area contributed by atoms with E-state index in [0.29, 0.717) is 12.3 Å². The molecule has 4 nitrogen and oxygen atoms in total.